The molecular formula is C16H14N2O5. The zero-order chi connectivity index (χ0) is 16.2. The smallest absolute Gasteiger partial charge is 0.269 e. The minimum Gasteiger partial charge on any atom is -0.486 e. The number of non-ortho nitro benzene ring substituents is 1. The van der Waals surface area contributed by atoms with Gasteiger partial charge in [0.2, 0.25) is 0 Å². The van der Waals surface area contributed by atoms with Gasteiger partial charge in [-0.3, -0.25) is 14.9 Å². The van der Waals surface area contributed by atoms with E-state index in [1.165, 1.54) is 12.1 Å². The second kappa shape index (κ2) is 6.35. The highest BCUT2D eigenvalue weighted by molar-refractivity contribution is 5.99. The second-order valence-electron chi connectivity index (χ2n) is 4.94. The lowest BCUT2D eigenvalue weighted by atomic mass is 10.1. The molecule has 118 valence electrons. The van der Waals surface area contributed by atoms with Crippen molar-refractivity contribution in [2.45, 2.75) is 0 Å². The number of rotatable bonds is 5. The van der Waals surface area contributed by atoms with E-state index in [2.05, 4.69) is 5.32 Å². The standard InChI is InChI=1S/C16H14N2O5/c19-14(10-17-12-2-4-13(5-3-12)18(20)21)11-1-6-15-16(9-11)23-8-7-22-15/h1-6,9,17H,7-8,10H2. The summed E-state index contributed by atoms with van der Waals surface area (Å²) in [5.41, 5.74) is 1.17. The number of nitro groups is 1. The van der Waals surface area contributed by atoms with Gasteiger partial charge in [-0.15, -0.1) is 0 Å². The molecule has 0 unspecified atom stereocenters. The molecule has 0 aliphatic carbocycles. The van der Waals surface area contributed by atoms with Crippen LogP contribution in [0.15, 0.2) is 42.5 Å². The third kappa shape index (κ3) is 3.39. The summed E-state index contributed by atoms with van der Waals surface area (Å²) in [6.45, 7) is 1.05. The minimum atomic E-state index is -0.468. The molecule has 0 atom stereocenters. The average Bonchev–Trinajstić information content (AvgIpc) is 2.59. The van der Waals surface area contributed by atoms with Gasteiger partial charge in [-0.05, 0) is 30.3 Å². The van der Waals surface area contributed by atoms with Crippen LogP contribution in [0, 0.1) is 10.1 Å². The normalized spacial score (nSPS) is 12.5. The van der Waals surface area contributed by atoms with E-state index in [4.69, 9.17) is 9.47 Å². The molecule has 0 saturated carbocycles. The van der Waals surface area contributed by atoms with Crippen LogP contribution in [0.1, 0.15) is 10.4 Å². The molecule has 1 aliphatic heterocycles. The van der Waals surface area contributed by atoms with Crippen LogP contribution in [0.3, 0.4) is 0 Å². The fourth-order valence-corrected chi connectivity index (χ4v) is 2.20. The molecule has 0 radical (unpaired) electrons. The molecule has 7 nitrogen and oxygen atoms in total. The molecule has 3 rings (SSSR count). The number of nitrogens with zero attached hydrogens (tertiary/aromatic N) is 1. The van der Waals surface area contributed by atoms with Crippen LogP contribution in [-0.2, 0) is 0 Å². The number of hydrogen-bond donors (Lipinski definition) is 1. The van der Waals surface area contributed by atoms with Crippen LogP contribution >= 0.6 is 0 Å². The molecule has 0 amide bonds. The summed E-state index contributed by atoms with van der Waals surface area (Å²) in [6.07, 6.45) is 0. The van der Waals surface area contributed by atoms with Gasteiger partial charge in [-0.1, -0.05) is 0 Å². The number of Topliss-reactive ketones (excluding diaryl/α,β-unsaturated/α-hetero) is 1. The van der Waals surface area contributed by atoms with Gasteiger partial charge in [0.05, 0.1) is 11.5 Å². The highest BCUT2D eigenvalue weighted by atomic mass is 16.6. The van der Waals surface area contributed by atoms with Crippen molar-refractivity contribution in [2.75, 3.05) is 25.1 Å². The van der Waals surface area contributed by atoms with Gasteiger partial charge in [0, 0.05) is 23.4 Å². The van der Waals surface area contributed by atoms with E-state index < -0.39 is 4.92 Å². The largest absolute Gasteiger partial charge is 0.486 e. The van der Waals surface area contributed by atoms with Crippen LogP contribution in [0.2, 0.25) is 0 Å². The van der Waals surface area contributed by atoms with E-state index in [0.29, 0.717) is 36.0 Å². The van der Waals surface area contributed by atoms with Gasteiger partial charge >= 0.3 is 0 Å². The Hall–Kier alpha value is -3.09. The Morgan fingerprint density at radius 3 is 2.48 bits per heavy atom. The van der Waals surface area contributed by atoms with E-state index in [-0.39, 0.29) is 18.0 Å². The van der Waals surface area contributed by atoms with Crippen LogP contribution < -0.4 is 14.8 Å². The highest BCUT2D eigenvalue weighted by Crippen LogP contribution is 2.30. The Morgan fingerprint density at radius 1 is 1.09 bits per heavy atom. The van der Waals surface area contributed by atoms with E-state index in [1.807, 2.05) is 0 Å². The Balaban J connectivity index is 1.64. The van der Waals surface area contributed by atoms with Gasteiger partial charge in [-0.25, -0.2) is 0 Å². The van der Waals surface area contributed by atoms with Crippen molar-refractivity contribution in [1.29, 1.82) is 0 Å². The lowest BCUT2D eigenvalue weighted by Crippen LogP contribution is -2.17. The number of fused-ring (bicyclic) bond motifs is 1. The Bertz CT molecular complexity index is 743. The number of benzene rings is 2. The van der Waals surface area contributed by atoms with E-state index >= 15 is 0 Å². The summed E-state index contributed by atoms with van der Waals surface area (Å²) < 4.78 is 10.9. The van der Waals surface area contributed by atoms with E-state index in [0.717, 1.165) is 0 Å². The molecule has 1 heterocycles. The SMILES string of the molecule is O=C(CNc1ccc([N+](=O)[O-])cc1)c1ccc2c(c1)OCCO2. The maximum absolute atomic E-state index is 12.2. The van der Waals surface area contributed by atoms with Crippen molar-refractivity contribution < 1.29 is 19.2 Å². The van der Waals surface area contributed by atoms with Crippen molar-refractivity contribution in [1.82, 2.24) is 0 Å². The molecule has 2 aromatic rings. The third-order valence-corrected chi connectivity index (χ3v) is 3.40. The molecule has 1 aliphatic rings. The van der Waals surface area contributed by atoms with Crippen molar-refractivity contribution >= 4 is 17.2 Å². The number of nitrogens with one attached hydrogen (secondary N) is 1. The van der Waals surface area contributed by atoms with Crippen LogP contribution in [0.25, 0.3) is 0 Å². The molecule has 2 aromatic carbocycles. The number of ether oxygens (including phenoxy) is 2. The predicted molar refractivity (Wildman–Crippen MR) is 83.3 cm³/mol. The molecule has 23 heavy (non-hydrogen) atoms. The zero-order valence-corrected chi connectivity index (χ0v) is 12.2. The van der Waals surface area contributed by atoms with Gasteiger partial charge in [0.25, 0.3) is 5.69 Å². The number of ketones is 1. The van der Waals surface area contributed by atoms with Crippen LogP contribution in [0.4, 0.5) is 11.4 Å². The highest BCUT2D eigenvalue weighted by Gasteiger charge is 2.15. The van der Waals surface area contributed by atoms with Crippen molar-refractivity contribution in [2.24, 2.45) is 0 Å². The number of nitro benzene ring substituents is 1. The molecule has 1 N–H and O–H groups in total. The monoisotopic (exact) mass is 314 g/mol. The van der Waals surface area contributed by atoms with Gasteiger partial charge in [0.15, 0.2) is 17.3 Å². The van der Waals surface area contributed by atoms with E-state index in [1.54, 1.807) is 30.3 Å². The van der Waals surface area contributed by atoms with Gasteiger partial charge in [-0.2, -0.15) is 0 Å². The second-order valence-corrected chi connectivity index (χ2v) is 4.94. The molecule has 0 spiro atoms. The van der Waals surface area contributed by atoms with Crippen LogP contribution in [-0.4, -0.2) is 30.5 Å². The first-order valence-electron chi connectivity index (χ1n) is 7.04. The first-order chi connectivity index (χ1) is 11.1. The third-order valence-electron chi connectivity index (χ3n) is 3.40. The Morgan fingerprint density at radius 2 is 1.78 bits per heavy atom. The Labute approximate surface area is 132 Å². The minimum absolute atomic E-state index is 0.00807. The number of carbonyl (C=O) groups excluding carboxylic acids is 1. The molecule has 0 aromatic heterocycles. The maximum atomic E-state index is 12.2. The van der Waals surface area contributed by atoms with Crippen molar-refractivity contribution in [3.8, 4) is 11.5 Å². The van der Waals surface area contributed by atoms with Crippen molar-refractivity contribution in [3.05, 3.63) is 58.1 Å². The number of hydrogen-bond acceptors (Lipinski definition) is 6. The maximum Gasteiger partial charge on any atom is 0.269 e. The fraction of sp³-hybridized carbons (Fsp3) is 0.188. The lowest BCUT2D eigenvalue weighted by molar-refractivity contribution is -0.384. The molecular weight excluding hydrogens is 300 g/mol. The summed E-state index contributed by atoms with van der Waals surface area (Å²) in [6, 6.07) is 11.0. The Kier molecular flexibility index (Phi) is 4.09. The summed E-state index contributed by atoms with van der Waals surface area (Å²) in [5, 5.41) is 13.5. The summed E-state index contributed by atoms with van der Waals surface area (Å²) in [5.74, 6) is 1.09. The average molecular weight is 314 g/mol. The van der Waals surface area contributed by atoms with Crippen molar-refractivity contribution in [3.63, 3.8) is 0 Å². The molecule has 0 fully saturated rings. The number of carbonyl (C=O) groups is 1. The topological polar surface area (TPSA) is 90.7 Å². The summed E-state index contributed by atoms with van der Waals surface area (Å²) in [7, 11) is 0. The molecule has 0 bridgehead atoms. The molecule has 7 heteroatoms. The number of anilines is 1. The van der Waals surface area contributed by atoms with E-state index in [9.17, 15) is 14.9 Å². The fourth-order valence-electron chi connectivity index (χ4n) is 2.20. The lowest BCUT2D eigenvalue weighted by Gasteiger charge is -2.18. The zero-order valence-electron chi connectivity index (χ0n) is 12.2. The summed E-state index contributed by atoms with van der Waals surface area (Å²) >= 11 is 0. The van der Waals surface area contributed by atoms with Gasteiger partial charge in [0.1, 0.15) is 13.2 Å². The molecule has 0 saturated heterocycles. The first kappa shape index (κ1) is 14.8. The quantitative estimate of drug-likeness (QED) is 0.518. The first-order valence-corrected chi connectivity index (χ1v) is 7.04. The predicted octanol–water partition coefficient (Wildman–Crippen LogP) is 2.66. The summed E-state index contributed by atoms with van der Waals surface area (Å²) in [4.78, 5) is 22.3. The van der Waals surface area contributed by atoms with Gasteiger partial charge < -0.3 is 14.8 Å². The van der Waals surface area contributed by atoms with Crippen LogP contribution in [0.5, 0.6) is 11.5 Å².